The van der Waals surface area contributed by atoms with Gasteiger partial charge in [-0.3, -0.25) is 4.57 Å². The van der Waals surface area contributed by atoms with Crippen LogP contribution < -0.4 is 5.32 Å². The average molecular weight is 337 g/mol. The van der Waals surface area contributed by atoms with E-state index in [2.05, 4.69) is 34.1 Å². The summed E-state index contributed by atoms with van der Waals surface area (Å²) in [6.45, 7) is 4.66. The molecule has 2 aromatic rings. The Hall–Kier alpha value is -1.81. The first kappa shape index (κ1) is 17.0. The van der Waals surface area contributed by atoms with Gasteiger partial charge in [0, 0.05) is 6.54 Å². The van der Waals surface area contributed by atoms with Gasteiger partial charge >= 0.3 is 0 Å². The van der Waals surface area contributed by atoms with E-state index in [9.17, 15) is 15.3 Å². The van der Waals surface area contributed by atoms with Crippen molar-refractivity contribution in [3.63, 3.8) is 0 Å². The molecule has 132 valence electrons. The highest BCUT2D eigenvalue weighted by Crippen LogP contribution is 2.32. The Morgan fingerprint density at radius 1 is 1.29 bits per heavy atom. The average Bonchev–Trinajstić information content (AvgIpc) is 3.15. The van der Waals surface area contributed by atoms with Crippen LogP contribution in [0.3, 0.4) is 0 Å². The number of hydrogen-bond donors (Lipinski definition) is 4. The summed E-state index contributed by atoms with van der Waals surface area (Å²) in [6.07, 6.45) is -0.0762. The van der Waals surface area contributed by atoms with Crippen molar-refractivity contribution in [3.8, 4) is 0 Å². The van der Waals surface area contributed by atoms with Crippen LogP contribution in [0.15, 0.2) is 12.7 Å². The van der Waals surface area contributed by atoms with Gasteiger partial charge in [0.2, 0.25) is 0 Å². The lowest BCUT2D eigenvalue weighted by Gasteiger charge is -2.16. The summed E-state index contributed by atoms with van der Waals surface area (Å²) in [7, 11) is 0. The van der Waals surface area contributed by atoms with Crippen molar-refractivity contribution in [2.24, 2.45) is 5.92 Å². The van der Waals surface area contributed by atoms with Crippen molar-refractivity contribution in [2.75, 3.05) is 18.5 Å². The molecule has 0 radical (unpaired) electrons. The van der Waals surface area contributed by atoms with Crippen LogP contribution in [0.5, 0.6) is 0 Å². The van der Waals surface area contributed by atoms with Crippen molar-refractivity contribution in [1.82, 2.24) is 19.5 Å². The van der Waals surface area contributed by atoms with E-state index in [4.69, 9.17) is 4.74 Å². The number of anilines is 1. The van der Waals surface area contributed by atoms with E-state index in [-0.39, 0.29) is 6.61 Å². The van der Waals surface area contributed by atoms with Crippen LogP contribution in [-0.4, -0.2) is 66.3 Å². The fourth-order valence-electron chi connectivity index (χ4n) is 2.69. The van der Waals surface area contributed by atoms with E-state index in [0.717, 1.165) is 13.0 Å². The number of nitrogens with one attached hydrogen (secondary N) is 1. The highest BCUT2D eigenvalue weighted by molar-refractivity contribution is 5.82. The summed E-state index contributed by atoms with van der Waals surface area (Å²) in [4.78, 5) is 12.8. The van der Waals surface area contributed by atoms with Crippen molar-refractivity contribution in [1.29, 1.82) is 0 Å². The predicted octanol–water partition coefficient (Wildman–Crippen LogP) is -0.104. The second-order valence-electron chi connectivity index (χ2n) is 6.17. The molecule has 0 spiro atoms. The van der Waals surface area contributed by atoms with Crippen molar-refractivity contribution >= 4 is 17.0 Å². The first-order chi connectivity index (χ1) is 11.6. The number of aliphatic hydroxyl groups is 3. The van der Waals surface area contributed by atoms with Crippen LogP contribution >= 0.6 is 0 Å². The Morgan fingerprint density at radius 3 is 2.75 bits per heavy atom. The molecule has 0 aromatic carbocycles. The number of ether oxygens (including phenoxy) is 1. The SMILES string of the molecule is CCC(C)CNc1ncnc2c1ncn2C1O[C@H](CO)[C@@H](O)[C@H]1O. The van der Waals surface area contributed by atoms with Gasteiger partial charge in [-0.25, -0.2) is 15.0 Å². The summed E-state index contributed by atoms with van der Waals surface area (Å²) >= 11 is 0. The van der Waals surface area contributed by atoms with Crippen LogP contribution in [-0.2, 0) is 4.74 Å². The standard InChI is InChI=1S/C15H23N5O4/c1-3-8(2)4-16-13-10-14(18-6-17-13)20(7-19-10)15-12(23)11(22)9(5-21)24-15/h6-9,11-12,15,21-23H,3-5H2,1-2H3,(H,16,17,18)/t8?,9-,11-,12-,15?/m1/s1. The summed E-state index contributed by atoms with van der Waals surface area (Å²) in [5, 5.41) is 32.6. The molecule has 9 heteroatoms. The zero-order valence-electron chi connectivity index (χ0n) is 13.7. The molecule has 1 saturated heterocycles. The van der Waals surface area contributed by atoms with Crippen molar-refractivity contribution < 1.29 is 20.1 Å². The first-order valence-corrected chi connectivity index (χ1v) is 8.10. The molecule has 3 heterocycles. The molecule has 1 aliphatic heterocycles. The Balaban J connectivity index is 1.89. The molecule has 2 unspecified atom stereocenters. The van der Waals surface area contributed by atoms with Gasteiger partial charge in [-0.2, -0.15) is 0 Å². The molecule has 0 amide bonds. The second-order valence-corrected chi connectivity index (χ2v) is 6.17. The molecular formula is C15H23N5O4. The van der Waals surface area contributed by atoms with E-state index in [1.807, 2.05) is 0 Å². The van der Waals surface area contributed by atoms with Crippen LogP contribution in [0.1, 0.15) is 26.5 Å². The van der Waals surface area contributed by atoms with Crippen LogP contribution in [0, 0.1) is 5.92 Å². The lowest BCUT2D eigenvalue weighted by molar-refractivity contribution is -0.0511. The number of aliphatic hydroxyl groups excluding tert-OH is 3. The van der Waals surface area contributed by atoms with Gasteiger partial charge < -0.3 is 25.4 Å². The number of imidazole rings is 1. The topological polar surface area (TPSA) is 126 Å². The maximum absolute atomic E-state index is 10.2. The van der Waals surface area contributed by atoms with Gasteiger partial charge in [0.1, 0.15) is 24.6 Å². The Bertz CT molecular complexity index is 694. The molecule has 0 saturated carbocycles. The zero-order chi connectivity index (χ0) is 17.3. The molecule has 0 aliphatic carbocycles. The quantitative estimate of drug-likeness (QED) is 0.575. The van der Waals surface area contributed by atoms with Crippen LogP contribution in [0.25, 0.3) is 11.2 Å². The fourth-order valence-corrected chi connectivity index (χ4v) is 2.69. The first-order valence-electron chi connectivity index (χ1n) is 8.10. The van der Waals surface area contributed by atoms with E-state index in [0.29, 0.717) is 22.9 Å². The molecule has 9 nitrogen and oxygen atoms in total. The number of hydrogen-bond acceptors (Lipinski definition) is 8. The van der Waals surface area contributed by atoms with Gasteiger partial charge in [-0.1, -0.05) is 20.3 Å². The monoisotopic (exact) mass is 337 g/mol. The minimum Gasteiger partial charge on any atom is -0.394 e. The maximum Gasteiger partial charge on any atom is 0.167 e. The maximum atomic E-state index is 10.2. The molecule has 1 fully saturated rings. The number of fused-ring (bicyclic) bond motifs is 1. The third-order valence-corrected chi connectivity index (χ3v) is 4.46. The second kappa shape index (κ2) is 6.98. The Kier molecular flexibility index (Phi) is 4.95. The predicted molar refractivity (Wildman–Crippen MR) is 86.3 cm³/mol. The smallest absolute Gasteiger partial charge is 0.167 e. The minimum atomic E-state index is -1.17. The van der Waals surface area contributed by atoms with Crippen molar-refractivity contribution in [2.45, 2.75) is 44.8 Å². The summed E-state index contributed by atoms with van der Waals surface area (Å²) in [6, 6.07) is 0. The van der Waals surface area contributed by atoms with Crippen LogP contribution in [0.4, 0.5) is 5.82 Å². The van der Waals surface area contributed by atoms with E-state index in [1.165, 1.54) is 12.7 Å². The molecule has 3 rings (SSSR count). The molecule has 24 heavy (non-hydrogen) atoms. The lowest BCUT2D eigenvalue weighted by atomic mass is 10.1. The third-order valence-electron chi connectivity index (χ3n) is 4.46. The van der Waals surface area contributed by atoms with Gasteiger partial charge in [0.15, 0.2) is 23.2 Å². The number of rotatable bonds is 6. The molecule has 4 N–H and O–H groups in total. The summed E-state index contributed by atoms with van der Waals surface area (Å²) in [5.74, 6) is 1.11. The molecule has 0 bridgehead atoms. The van der Waals surface area contributed by atoms with Gasteiger partial charge in [-0.15, -0.1) is 0 Å². The van der Waals surface area contributed by atoms with E-state index >= 15 is 0 Å². The lowest BCUT2D eigenvalue weighted by Crippen LogP contribution is -2.33. The summed E-state index contributed by atoms with van der Waals surface area (Å²) in [5.41, 5.74) is 1.06. The number of nitrogens with zero attached hydrogens (tertiary/aromatic N) is 4. The third kappa shape index (κ3) is 2.95. The minimum absolute atomic E-state index is 0.377. The highest BCUT2D eigenvalue weighted by Gasteiger charge is 2.44. The van der Waals surface area contributed by atoms with Crippen molar-refractivity contribution in [3.05, 3.63) is 12.7 Å². The van der Waals surface area contributed by atoms with Gasteiger partial charge in [-0.05, 0) is 5.92 Å². The fraction of sp³-hybridized carbons (Fsp3) is 0.667. The Morgan fingerprint density at radius 2 is 2.08 bits per heavy atom. The summed E-state index contributed by atoms with van der Waals surface area (Å²) < 4.78 is 7.09. The van der Waals surface area contributed by atoms with Gasteiger partial charge in [0.25, 0.3) is 0 Å². The number of aromatic nitrogens is 4. The zero-order valence-corrected chi connectivity index (χ0v) is 13.7. The largest absolute Gasteiger partial charge is 0.394 e. The molecule has 1 aliphatic rings. The normalized spacial score (nSPS) is 28.4. The van der Waals surface area contributed by atoms with E-state index < -0.39 is 24.5 Å². The Labute approximate surface area is 139 Å². The van der Waals surface area contributed by atoms with Gasteiger partial charge in [0.05, 0.1) is 12.9 Å². The molecule has 5 atom stereocenters. The molecular weight excluding hydrogens is 314 g/mol. The van der Waals surface area contributed by atoms with Crippen LogP contribution in [0.2, 0.25) is 0 Å². The molecule has 2 aromatic heterocycles. The van der Waals surface area contributed by atoms with E-state index in [1.54, 1.807) is 4.57 Å². The highest BCUT2D eigenvalue weighted by atomic mass is 16.6.